The highest BCUT2D eigenvalue weighted by Crippen LogP contribution is 2.10. The molecule has 0 fully saturated rings. The van der Waals surface area contributed by atoms with E-state index in [4.69, 9.17) is 0 Å². The SMILES string of the molecule is CCC(C)C(O)CNC(=O)c1cccc(-n2cccn2)c1. The van der Waals surface area contributed by atoms with E-state index in [9.17, 15) is 9.90 Å². The normalized spacial score (nSPS) is 13.7. The Balaban J connectivity index is 2.01. The van der Waals surface area contributed by atoms with Crippen LogP contribution in [0.3, 0.4) is 0 Å². The van der Waals surface area contributed by atoms with Crippen LogP contribution in [-0.2, 0) is 0 Å². The summed E-state index contributed by atoms with van der Waals surface area (Å²) in [4.78, 5) is 12.1. The van der Waals surface area contributed by atoms with Crippen LogP contribution in [0.5, 0.6) is 0 Å². The summed E-state index contributed by atoms with van der Waals surface area (Å²) in [6.45, 7) is 4.25. The van der Waals surface area contributed by atoms with Crippen LogP contribution in [0.25, 0.3) is 5.69 Å². The topological polar surface area (TPSA) is 67.2 Å². The molecule has 0 aliphatic rings. The highest BCUT2D eigenvalue weighted by Gasteiger charge is 2.14. The number of carbonyl (C=O) groups excluding carboxylic acids is 1. The number of hydrogen-bond donors (Lipinski definition) is 2. The third kappa shape index (κ3) is 3.92. The monoisotopic (exact) mass is 287 g/mol. The van der Waals surface area contributed by atoms with Gasteiger partial charge in [0.05, 0.1) is 11.8 Å². The van der Waals surface area contributed by atoms with E-state index in [1.165, 1.54) is 0 Å². The summed E-state index contributed by atoms with van der Waals surface area (Å²) in [7, 11) is 0. The van der Waals surface area contributed by atoms with Gasteiger partial charge in [-0.25, -0.2) is 4.68 Å². The highest BCUT2D eigenvalue weighted by molar-refractivity contribution is 5.94. The molecule has 1 aromatic heterocycles. The summed E-state index contributed by atoms with van der Waals surface area (Å²) in [6.07, 6.45) is 3.87. The fraction of sp³-hybridized carbons (Fsp3) is 0.375. The second kappa shape index (κ2) is 7.04. The first kappa shape index (κ1) is 15.3. The molecule has 0 radical (unpaired) electrons. The predicted octanol–water partition coefficient (Wildman–Crippen LogP) is 2.01. The number of aliphatic hydroxyl groups excluding tert-OH is 1. The van der Waals surface area contributed by atoms with Gasteiger partial charge >= 0.3 is 0 Å². The molecular formula is C16H21N3O2. The molecule has 5 nitrogen and oxygen atoms in total. The maximum atomic E-state index is 12.1. The molecule has 2 rings (SSSR count). The van der Waals surface area contributed by atoms with Gasteiger partial charge in [-0.2, -0.15) is 5.10 Å². The molecule has 5 heteroatoms. The number of amides is 1. The largest absolute Gasteiger partial charge is 0.391 e. The average Bonchev–Trinajstić information content (AvgIpc) is 3.06. The van der Waals surface area contributed by atoms with Crippen LogP contribution in [0.4, 0.5) is 0 Å². The molecule has 2 N–H and O–H groups in total. The zero-order valence-electron chi connectivity index (χ0n) is 12.4. The van der Waals surface area contributed by atoms with E-state index in [1.54, 1.807) is 23.0 Å². The molecule has 1 heterocycles. The number of carbonyl (C=O) groups is 1. The van der Waals surface area contributed by atoms with Gasteiger partial charge in [-0.15, -0.1) is 0 Å². The van der Waals surface area contributed by atoms with Gasteiger partial charge in [0, 0.05) is 24.5 Å². The Labute approximate surface area is 124 Å². The Morgan fingerprint density at radius 2 is 2.24 bits per heavy atom. The number of benzene rings is 1. The minimum Gasteiger partial charge on any atom is -0.391 e. The Kier molecular flexibility index (Phi) is 5.11. The first-order valence-corrected chi connectivity index (χ1v) is 7.18. The van der Waals surface area contributed by atoms with Crippen molar-refractivity contribution in [2.45, 2.75) is 26.4 Å². The van der Waals surface area contributed by atoms with Crippen LogP contribution in [0.15, 0.2) is 42.7 Å². The lowest BCUT2D eigenvalue weighted by molar-refractivity contribution is 0.0850. The number of nitrogens with one attached hydrogen (secondary N) is 1. The van der Waals surface area contributed by atoms with E-state index < -0.39 is 6.10 Å². The van der Waals surface area contributed by atoms with Gasteiger partial charge in [0.15, 0.2) is 0 Å². The Morgan fingerprint density at radius 1 is 1.43 bits per heavy atom. The van der Waals surface area contributed by atoms with Gasteiger partial charge in [-0.3, -0.25) is 4.79 Å². The number of nitrogens with zero attached hydrogens (tertiary/aromatic N) is 2. The summed E-state index contributed by atoms with van der Waals surface area (Å²) >= 11 is 0. The predicted molar refractivity (Wildman–Crippen MR) is 81.4 cm³/mol. The first-order chi connectivity index (χ1) is 10.1. The van der Waals surface area contributed by atoms with Gasteiger partial charge in [0.25, 0.3) is 5.91 Å². The quantitative estimate of drug-likeness (QED) is 0.854. The lowest BCUT2D eigenvalue weighted by atomic mass is 10.0. The van der Waals surface area contributed by atoms with Crippen LogP contribution >= 0.6 is 0 Å². The molecule has 0 aliphatic carbocycles. The molecule has 0 spiro atoms. The number of rotatable bonds is 6. The molecule has 0 bridgehead atoms. The molecule has 1 amide bonds. The maximum absolute atomic E-state index is 12.1. The highest BCUT2D eigenvalue weighted by atomic mass is 16.3. The molecule has 2 unspecified atom stereocenters. The van der Waals surface area contributed by atoms with Crippen molar-refractivity contribution in [1.29, 1.82) is 0 Å². The third-order valence-electron chi connectivity index (χ3n) is 3.65. The molecule has 1 aromatic carbocycles. The maximum Gasteiger partial charge on any atom is 0.251 e. The first-order valence-electron chi connectivity index (χ1n) is 7.18. The van der Waals surface area contributed by atoms with Crippen molar-refractivity contribution in [3.05, 3.63) is 48.3 Å². The number of hydrogen-bond acceptors (Lipinski definition) is 3. The summed E-state index contributed by atoms with van der Waals surface area (Å²) in [5, 5.41) is 16.8. The summed E-state index contributed by atoms with van der Waals surface area (Å²) < 4.78 is 1.70. The molecule has 0 saturated carbocycles. The summed E-state index contributed by atoms with van der Waals surface area (Å²) in [5.41, 5.74) is 1.38. The van der Waals surface area contributed by atoms with Gasteiger partial charge < -0.3 is 10.4 Å². The Morgan fingerprint density at radius 3 is 2.90 bits per heavy atom. The molecule has 112 valence electrons. The van der Waals surface area contributed by atoms with Crippen LogP contribution in [-0.4, -0.2) is 33.4 Å². The third-order valence-corrected chi connectivity index (χ3v) is 3.65. The van der Waals surface area contributed by atoms with Crippen molar-refractivity contribution < 1.29 is 9.90 Å². The van der Waals surface area contributed by atoms with E-state index in [0.29, 0.717) is 5.56 Å². The van der Waals surface area contributed by atoms with E-state index in [1.807, 2.05) is 38.2 Å². The molecule has 2 aromatic rings. The molecule has 21 heavy (non-hydrogen) atoms. The van der Waals surface area contributed by atoms with Crippen molar-refractivity contribution in [1.82, 2.24) is 15.1 Å². The van der Waals surface area contributed by atoms with Crippen molar-refractivity contribution in [2.75, 3.05) is 6.54 Å². The van der Waals surface area contributed by atoms with Gasteiger partial charge in [0.1, 0.15) is 0 Å². The van der Waals surface area contributed by atoms with Crippen LogP contribution < -0.4 is 5.32 Å². The lowest BCUT2D eigenvalue weighted by Gasteiger charge is -2.17. The van der Waals surface area contributed by atoms with Gasteiger partial charge in [0.2, 0.25) is 0 Å². The average molecular weight is 287 g/mol. The van der Waals surface area contributed by atoms with Gasteiger partial charge in [-0.05, 0) is 30.2 Å². The Bertz CT molecular complexity index is 581. The van der Waals surface area contributed by atoms with Crippen molar-refractivity contribution in [2.24, 2.45) is 5.92 Å². The zero-order valence-corrected chi connectivity index (χ0v) is 12.4. The second-order valence-electron chi connectivity index (χ2n) is 5.16. The second-order valence-corrected chi connectivity index (χ2v) is 5.16. The minimum absolute atomic E-state index is 0.167. The van der Waals surface area contributed by atoms with E-state index in [2.05, 4.69) is 10.4 Å². The molecular weight excluding hydrogens is 266 g/mol. The Hall–Kier alpha value is -2.14. The van der Waals surface area contributed by atoms with Crippen LogP contribution in [0.1, 0.15) is 30.6 Å². The van der Waals surface area contributed by atoms with Crippen molar-refractivity contribution >= 4 is 5.91 Å². The molecule has 0 aliphatic heterocycles. The van der Waals surface area contributed by atoms with E-state index >= 15 is 0 Å². The van der Waals surface area contributed by atoms with E-state index in [0.717, 1.165) is 12.1 Å². The van der Waals surface area contributed by atoms with Crippen LogP contribution in [0, 0.1) is 5.92 Å². The van der Waals surface area contributed by atoms with Crippen molar-refractivity contribution in [3.8, 4) is 5.69 Å². The van der Waals surface area contributed by atoms with E-state index in [-0.39, 0.29) is 18.4 Å². The zero-order chi connectivity index (χ0) is 15.2. The van der Waals surface area contributed by atoms with Gasteiger partial charge in [-0.1, -0.05) is 26.3 Å². The minimum atomic E-state index is -0.520. The molecule has 0 saturated heterocycles. The molecule has 2 atom stereocenters. The lowest BCUT2D eigenvalue weighted by Crippen LogP contribution is -2.35. The van der Waals surface area contributed by atoms with Crippen LogP contribution in [0.2, 0.25) is 0 Å². The summed E-state index contributed by atoms with van der Waals surface area (Å²) in [6, 6.07) is 9.06. The summed E-state index contributed by atoms with van der Waals surface area (Å²) in [5.74, 6) is -0.0212. The number of aromatic nitrogens is 2. The van der Waals surface area contributed by atoms with Crippen molar-refractivity contribution in [3.63, 3.8) is 0 Å². The fourth-order valence-corrected chi connectivity index (χ4v) is 1.98. The standard InChI is InChI=1S/C16H21N3O2/c1-3-12(2)15(20)11-17-16(21)13-6-4-7-14(10-13)19-9-5-8-18-19/h4-10,12,15,20H,3,11H2,1-2H3,(H,17,21). The fourth-order valence-electron chi connectivity index (χ4n) is 1.98. The smallest absolute Gasteiger partial charge is 0.251 e. The number of aliphatic hydroxyl groups is 1.